The first-order valence-electron chi connectivity index (χ1n) is 7.24. The summed E-state index contributed by atoms with van der Waals surface area (Å²) in [6, 6.07) is 20.1. The first-order chi connectivity index (χ1) is 9.81. The second-order valence-corrected chi connectivity index (χ2v) is 6.08. The highest BCUT2D eigenvalue weighted by atomic mass is 32.2. The molecule has 1 N–H and O–H groups in total. The molecule has 0 fully saturated rings. The van der Waals surface area contributed by atoms with Crippen molar-refractivity contribution in [3.05, 3.63) is 65.7 Å². The predicted octanol–water partition coefficient (Wildman–Crippen LogP) is 4.17. The molecule has 2 aromatic carbocycles. The lowest BCUT2D eigenvalue weighted by Crippen LogP contribution is -2.30. The van der Waals surface area contributed by atoms with E-state index in [2.05, 4.69) is 73.9 Å². The number of rotatable bonds is 7. The smallest absolute Gasteiger partial charge is 0.0199 e. The summed E-state index contributed by atoms with van der Waals surface area (Å²) in [5.41, 5.74) is 2.82. The Morgan fingerprint density at radius 2 is 1.60 bits per heavy atom. The van der Waals surface area contributed by atoms with E-state index >= 15 is 0 Å². The first kappa shape index (κ1) is 15.1. The Hall–Kier alpha value is -1.25. The van der Waals surface area contributed by atoms with Gasteiger partial charge in [0.2, 0.25) is 0 Å². The molecular formula is C18H23NS. The van der Waals surface area contributed by atoms with Crippen molar-refractivity contribution < 1.29 is 0 Å². The number of nitrogens with one attached hydrogen (secondary N) is 1. The van der Waals surface area contributed by atoms with Gasteiger partial charge in [-0.25, -0.2) is 0 Å². The van der Waals surface area contributed by atoms with Gasteiger partial charge in [0.05, 0.1) is 0 Å². The van der Waals surface area contributed by atoms with E-state index in [4.69, 9.17) is 0 Å². The lowest BCUT2D eigenvalue weighted by molar-refractivity contribution is 0.617. The third-order valence-electron chi connectivity index (χ3n) is 3.52. The van der Waals surface area contributed by atoms with Gasteiger partial charge in [-0.3, -0.25) is 0 Å². The zero-order valence-electron chi connectivity index (χ0n) is 12.3. The largest absolute Gasteiger partial charge is 0.316 e. The zero-order valence-corrected chi connectivity index (χ0v) is 13.1. The summed E-state index contributed by atoms with van der Waals surface area (Å²) in [6.45, 7) is 2.20. The summed E-state index contributed by atoms with van der Waals surface area (Å²) < 4.78 is 0. The van der Waals surface area contributed by atoms with E-state index in [-0.39, 0.29) is 0 Å². The van der Waals surface area contributed by atoms with Crippen LogP contribution < -0.4 is 5.32 Å². The molecule has 0 spiro atoms. The fourth-order valence-corrected chi connectivity index (χ4v) is 3.18. The van der Waals surface area contributed by atoms with Crippen molar-refractivity contribution in [2.24, 2.45) is 0 Å². The SMILES string of the molecule is CCc1ccc(CC(CSc2ccccc2)NC)cc1. The van der Waals surface area contributed by atoms with Crippen molar-refractivity contribution in [2.75, 3.05) is 12.8 Å². The summed E-state index contributed by atoms with van der Waals surface area (Å²) >= 11 is 1.92. The molecule has 0 saturated carbocycles. The van der Waals surface area contributed by atoms with E-state index in [9.17, 15) is 0 Å². The Balaban J connectivity index is 1.88. The molecule has 0 heterocycles. The minimum Gasteiger partial charge on any atom is -0.316 e. The molecule has 2 aromatic rings. The van der Waals surface area contributed by atoms with Gasteiger partial charge < -0.3 is 5.32 Å². The van der Waals surface area contributed by atoms with Crippen molar-refractivity contribution in [2.45, 2.75) is 30.7 Å². The lowest BCUT2D eigenvalue weighted by atomic mass is 10.0. The van der Waals surface area contributed by atoms with Crippen LogP contribution in [-0.2, 0) is 12.8 Å². The summed E-state index contributed by atoms with van der Waals surface area (Å²) in [6.07, 6.45) is 2.19. The van der Waals surface area contributed by atoms with Crippen LogP contribution in [0.3, 0.4) is 0 Å². The maximum Gasteiger partial charge on any atom is 0.0199 e. The van der Waals surface area contributed by atoms with Gasteiger partial charge in [0, 0.05) is 16.7 Å². The average Bonchev–Trinajstić information content (AvgIpc) is 2.53. The van der Waals surface area contributed by atoms with Gasteiger partial charge in [-0.05, 0) is 43.1 Å². The second-order valence-electron chi connectivity index (χ2n) is 4.98. The third kappa shape index (κ3) is 4.69. The molecule has 1 unspecified atom stereocenters. The Labute approximate surface area is 126 Å². The predicted molar refractivity (Wildman–Crippen MR) is 89.5 cm³/mol. The molecular weight excluding hydrogens is 262 g/mol. The Morgan fingerprint density at radius 3 is 2.20 bits per heavy atom. The fraction of sp³-hybridized carbons (Fsp3) is 0.333. The Morgan fingerprint density at radius 1 is 0.950 bits per heavy atom. The summed E-state index contributed by atoms with van der Waals surface area (Å²) in [5.74, 6) is 1.09. The van der Waals surface area contributed by atoms with Gasteiger partial charge >= 0.3 is 0 Å². The van der Waals surface area contributed by atoms with Crippen LogP contribution in [0, 0.1) is 0 Å². The summed E-state index contributed by atoms with van der Waals surface area (Å²) in [7, 11) is 2.05. The molecule has 106 valence electrons. The zero-order chi connectivity index (χ0) is 14.2. The van der Waals surface area contributed by atoms with Crippen molar-refractivity contribution >= 4 is 11.8 Å². The van der Waals surface area contributed by atoms with Gasteiger partial charge in [-0.2, -0.15) is 0 Å². The Kier molecular flexibility index (Phi) is 6.16. The van der Waals surface area contributed by atoms with Crippen LogP contribution in [-0.4, -0.2) is 18.8 Å². The molecule has 0 aromatic heterocycles. The molecule has 20 heavy (non-hydrogen) atoms. The molecule has 1 atom stereocenters. The summed E-state index contributed by atoms with van der Waals surface area (Å²) in [4.78, 5) is 1.34. The number of hydrogen-bond donors (Lipinski definition) is 1. The van der Waals surface area contributed by atoms with Gasteiger partial charge in [-0.15, -0.1) is 11.8 Å². The van der Waals surface area contributed by atoms with Gasteiger partial charge in [-0.1, -0.05) is 49.4 Å². The molecule has 1 nitrogen and oxygen atoms in total. The molecule has 2 heteroatoms. The minimum absolute atomic E-state index is 0.507. The van der Waals surface area contributed by atoms with Crippen LogP contribution in [0.25, 0.3) is 0 Å². The van der Waals surface area contributed by atoms with Crippen LogP contribution in [0.4, 0.5) is 0 Å². The van der Waals surface area contributed by atoms with Crippen LogP contribution in [0.5, 0.6) is 0 Å². The normalized spacial score (nSPS) is 12.3. The molecule has 2 rings (SSSR count). The van der Waals surface area contributed by atoms with E-state index in [0.717, 1.165) is 18.6 Å². The quantitative estimate of drug-likeness (QED) is 0.766. The van der Waals surface area contributed by atoms with E-state index in [1.54, 1.807) is 0 Å². The highest BCUT2D eigenvalue weighted by Crippen LogP contribution is 2.19. The van der Waals surface area contributed by atoms with Crippen molar-refractivity contribution in [3.63, 3.8) is 0 Å². The van der Waals surface area contributed by atoms with Crippen LogP contribution in [0.1, 0.15) is 18.1 Å². The monoisotopic (exact) mass is 285 g/mol. The van der Waals surface area contributed by atoms with Crippen LogP contribution in [0.15, 0.2) is 59.5 Å². The summed E-state index contributed by atoms with van der Waals surface area (Å²) in [5, 5.41) is 3.43. The van der Waals surface area contributed by atoms with Crippen molar-refractivity contribution in [1.82, 2.24) is 5.32 Å². The standard InChI is InChI=1S/C18H23NS/c1-3-15-9-11-16(12-10-15)13-17(19-2)14-20-18-7-5-4-6-8-18/h4-12,17,19H,3,13-14H2,1-2H3. The van der Waals surface area contributed by atoms with E-state index in [1.165, 1.54) is 16.0 Å². The number of hydrogen-bond acceptors (Lipinski definition) is 2. The van der Waals surface area contributed by atoms with Crippen LogP contribution >= 0.6 is 11.8 Å². The van der Waals surface area contributed by atoms with Gasteiger partial charge in [0.25, 0.3) is 0 Å². The maximum absolute atomic E-state index is 3.43. The fourth-order valence-electron chi connectivity index (χ4n) is 2.15. The first-order valence-corrected chi connectivity index (χ1v) is 8.23. The van der Waals surface area contributed by atoms with Crippen molar-refractivity contribution in [1.29, 1.82) is 0 Å². The van der Waals surface area contributed by atoms with Gasteiger partial charge in [0.15, 0.2) is 0 Å². The highest BCUT2D eigenvalue weighted by Gasteiger charge is 2.08. The van der Waals surface area contributed by atoms with E-state index < -0.39 is 0 Å². The van der Waals surface area contributed by atoms with Crippen LogP contribution in [0.2, 0.25) is 0 Å². The lowest BCUT2D eigenvalue weighted by Gasteiger charge is -2.16. The maximum atomic E-state index is 3.43. The third-order valence-corrected chi connectivity index (χ3v) is 4.69. The molecule has 0 bridgehead atoms. The molecule has 0 aliphatic rings. The topological polar surface area (TPSA) is 12.0 Å². The molecule has 0 amide bonds. The number of likely N-dealkylation sites (N-methyl/N-ethyl adjacent to an activating group) is 1. The highest BCUT2D eigenvalue weighted by molar-refractivity contribution is 7.99. The molecule has 0 saturated heterocycles. The number of aryl methyl sites for hydroxylation is 1. The Bertz CT molecular complexity index is 493. The molecule has 0 aliphatic carbocycles. The van der Waals surface area contributed by atoms with E-state index in [0.29, 0.717) is 6.04 Å². The van der Waals surface area contributed by atoms with E-state index in [1.807, 2.05) is 11.8 Å². The van der Waals surface area contributed by atoms with Gasteiger partial charge in [0.1, 0.15) is 0 Å². The number of thioether (sulfide) groups is 1. The average molecular weight is 285 g/mol. The second kappa shape index (κ2) is 8.13. The van der Waals surface area contributed by atoms with Crippen molar-refractivity contribution in [3.8, 4) is 0 Å². The number of benzene rings is 2. The molecule has 0 aliphatic heterocycles. The minimum atomic E-state index is 0.507. The molecule has 0 radical (unpaired) electrons.